The van der Waals surface area contributed by atoms with E-state index in [2.05, 4.69) is 48.9 Å². The van der Waals surface area contributed by atoms with Crippen LogP contribution in [0.1, 0.15) is 34.6 Å². The van der Waals surface area contributed by atoms with E-state index in [1.807, 2.05) is 0 Å². The Morgan fingerprint density at radius 2 is 0.625 bits per heavy atom. The molecule has 0 aliphatic heterocycles. The maximum atomic E-state index is 3.17. The third kappa shape index (κ3) is 3.05. The quantitative estimate of drug-likeness (QED) is 0.475. The molecule has 0 atom stereocenters. The molecular weight excluding hydrogens is 302 g/mol. The van der Waals surface area contributed by atoms with Crippen molar-refractivity contribution in [1.82, 2.24) is 0 Å². The van der Waals surface area contributed by atoms with Gasteiger partial charge in [-0.1, -0.05) is 0 Å². The predicted octanol–water partition coefficient (Wildman–Crippen LogP) is 2.20. The Morgan fingerprint density at radius 3 is 0.750 bits per heavy atom. The fraction of sp³-hybridized carbons (Fsp3) is 0.333. The molecule has 0 amide bonds. The first-order valence-corrected chi connectivity index (χ1v) is 11.2. The summed E-state index contributed by atoms with van der Waals surface area (Å²) in [6.07, 6.45) is 0. The molecule has 0 heterocycles. The Balaban J connectivity index is 6.53. The molecule has 0 aromatic heterocycles. The van der Waals surface area contributed by atoms with Crippen LogP contribution >= 0.6 is 0 Å². The molecule has 0 unspecified atom stereocenters. The summed E-state index contributed by atoms with van der Waals surface area (Å²) >= 11 is -4.02. The van der Waals surface area contributed by atoms with Crippen LogP contribution in [-0.4, -0.2) is 17.4 Å². The van der Waals surface area contributed by atoms with Crippen LogP contribution in [0.25, 0.3) is 0 Å². The SMILES string of the molecule is CC#[C][Sb]([C]#CC)([C]#CC)([C]#CC)[C]#CC. The second kappa shape index (κ2) is 6.26. The molecule has 0 rings (SSSR count). The zero-order chi connectivity index (χ0) is 12.5. The zero-order valence-electron chi connectivity index (χ0n) is 10.4. The third-order valence-corrected chi connectivity index (χ3v) is 11.2. The molecule has 0 aromatic carbocycles. The van der Waals surface area contributed by atoms with Gasteiger partial charge in [0.05, 0.1) is 0 Å². The topological polar surface area (TPSA) is 0 Å². The molecule has 0 aliphatic carbocycles. The second-order valence-corrected chi connectivity index (χ2v) is 12.5. The van der Waals surface area contributed by atoms with Gasteiger partial charge in [0.1, 0.15) is 0 Å². The van der Waals surface area contributed by atoms with E-state index in [0.717, 1.165) is 0 Å². The molecule has 0 nitrogen and oxygen atoms in total. The van der Waals surface area contributed by atoms with E-state index >= 15 is 0 Å². The van der Waals surface area contributed by atoms with E-state index < -0.39 is 17.4 Å². The summed E-state index contributed by atoms with van der Waals surface area (Å²) in [5.74, 6) is 14.6. The summed E-state index contributed by atoms with van der Waals surface area (Å²) in [7, 11) is 0. The van der Waals surface area contributed by atoms with Gasteiger partial charge in [0.2, 0.25) is 0 Å². The fourth-order valence-corrected chi connectivity index (χ4v) is 9.38. The van der Waals surface area contributed by atoms with Gasteiger partial charge in [0.25, 0.3) is 0 Å². The minimum atomic E-state index is -4.02. The van der Waals surface area contributed by atoms with Gasteiger partial charge in [0, 0.05) is 0 Å². The van der Waals surface area contributed by atoms with E-state index in [-0.39, 0.29) is 0 Å². The summed E-state index contributed by atoms with van der Waals surface area (Å²) in [4.78, 5) is 0. The van der Waals surface area contributed by atoms with Gasteiger partial charge >= 0.3 is 101 Å². The molecule has 0 aromatic rings. The van der Waals surface area contributed by atoms with Crippen molar-refractivity contribution >= 4 is 17.4 Å². The van der Waals surface area contributed by atoms with Crippen molar-refractivity contribution in [3.05, 3.63) is 0 Å². The second-order valence-electron chi connectivity index (χ2n) is 2.93. The van der Waals surface area contributed by atoms with Crippen molar-refractivity contribution in [2.24, 2.45) is 0 Å². The molecular formula is C15H15Sb. The van der Waals surface area contributed by atoms with Crippen molar-refractivity contribution in [2.75, 3.05) is 0 Å². The summed E-state index contributed by atoms with van der Waals surface area (Å²) < 4.78 is 15.9. The Hall–Kier alpha value is -1.38. The summed E-state index contributed by atoms with van der Waals surface area (Å²) in [6.45, 7) is 8.93. The maximum absolute atomic E-state index is 4.02. The van der Waals surface area contributed by atoms with Crippen LogP contribution in [0.15, 0.2) is 0 Å². The number of hydrogen-bond acceptors (Lipinski definition) is 0. The Morgan fingerprint density at radius 1 is 0.438 bits per heavy atom. The summed E-state index contributed by atoms with van der Waals surface area (Å²) in [5.41, 5.74) is 0. The molecule has 16 heavy (non-hydrogen) atoms. The molecule has 0 saturated heterocycles. The van der Waals surface area contributed by atoms with Gasteiger partial charge < -0.3 is 0 Å². The van der Waals surface area contributed by atoms with Crippen LogP contribution < -0.4 is 0 Å². The Bertz CT molecular complexity index is 432. The monoisotopic (exact) mass is 316 g/mol. The normalized spacial score (nSPS) is 9.69. The average molecular weight is 317 g/mol. The Labute approximate surface area is 101 Å². The third-order valence-electron chi connectivity index (χ3n) is 1.68. The van der Waals surface area contributed by atoms with E-state index in [1.165, 1.54) is 0 Å². The molecule has 80 valence electrons. The van der Waals surface area contributed by atoms with Gasteiger partial charge in [-0.2, -0.15) is 0 Å². The predicted molar refractivity (Wildman–Crippen MR) is 73.0 cm³/mol. The van der Waals surface area contributed by atoms with Crippen LogP contribution in [0.5, 0.6) is 0 Å². The van der Waals surface area contributed by atoms with Crippen LogP contribution in [0, 0.1) is 48.9 Å². The molecule has 0 N–H and O–H groups in total. The zero-order valence-corrected chi connectivity index (χ0v) is 13.0. The van der Waals surface area contributed by atoms with Crippen molar-refractivity contribution < 1.29 is 0 Å². The molecule has 0 spiro atoms. The first-order valence-electron chi connectivity index (χ1n) is 4.87. The standard InChI is InChI=1S/5C3H3.Sb/c5*1-3-2;/h5*1H3;. The van der Waals surface area contributed by atoms with Crippen molar-refractivity contribution in [3.8, 4) is 48.9 Å². The first kappa shape index (κ1) is 14.6. The number of rotatable bonds is 0. The average Bonchev–Trinajstić information content (AvgIpc) is 2.19. The van der Waals surface area contributed by atoms with Crippen molar-refractivity contribution in [2.45, 2.75) is 34.6 Å². The van der Waals surface area contributed by atoms with Gasteiger partial charge in [0.15, 0.2) is 0 Å². The van der Waals surface area contributed by atoms with E-state index in [9.17, 15) is 0 Å². The molecule has 0 fully saturated rings. The minimum absolute atomic E-state index is 1.79. The van der Waals surface area contributed by atoms with Crippen LogP contribution in [0.3, 0.4) is 0 Å². The van der Waals surface area contributed by atoms with Crippen molar-refractivity contribution in [1.29, 1.82) is 0 Å². The molecule has 0 radical (unpaired) electrons. The Kier molecular flexibility index (Phi) is 5.71. The van der Waals surface area contributed by atoms with Crippen molar-refractivity contribution in [3.63, 3.8) is 0 Å². The van der Waals surface area contributed by atoms with Crippen LogP contribution in [0.4, 0.5) is 0 Å². The fourth-order valence-electron chi connectivity index (χ4n) is 1.40. The summed E-state index contributed by atoms with van der Waals surface area (Å²) in [6, 6.07) is 0. The van der Waals surface area contributed by atoms with Gasteiger partial charge in [-0.15, -0.1) is 0 Å². The van der Waals surface area contributed by atoms with Gasteiger partial charge in [-0.3, -0.25) is 0 Å². The van der Waals surface area contributed by atoms with E-state index in [4.69, 9.17) is 0 Å². The number of hydrogen-bond donors (Lipinski definition) is 0. The first-order chi connectivity index (χ1) is 7.62. The van der Waals surface area contributed by atoms with Crippen LogP contribution in [-0.2, 0) is 0 Å². The van der Waals surface area contributed by atoms with Gasteiger partial charge in [-0.05, 0) is 0 Å². The van der Waals surface area contributed by atoms with E-state index in [0.29, 0.717) is 0 Å². The molecule has 1 heteroatoms. The molecule has 0 saturated carbocycles. The van der Waals surface area contributed by atoms with E-state index in [1.54, 1.807) is 34.6 Å². The summed E-state index contributed by atoms with van der Waals surface area (Å²) in [5, 5.41) is 0. The van der Waals surface area contributed by atoms with Crippen LogP contribution in [0.2, 0.25) is 0 Å². The molecule has 0 bridgehead atoms. The van der Waals surface area contributed by atoms with Gasteiger partial charge in [-0.25, -0.2) is 0 Å². The molecule has 0 aliphatic rings.